The molecule has 0 saturated carbocycles. The summed E-state index contributed by atoms with van der Waals surface area (Å²) in [6.07, 6.45) is 8.05. The van der Waals surface area contributed by atoms with E-state index in [1.807, 2.05) is 30.3 Å². The first-order valence-corrected chi connectivity index (χ1v) is 20.9. The predicted molar refractivity (Wildman–Crippen MR) is 214 cm³/mol. The van der Waals surface area contributed by atoms with Crippen LogP contribution in [0.3, 0.4) is 0 Å². The van der Waals surface area contributed by atoms with Crippen molar-refractivity contribution >= 4 is 62.2 Å². The predicted octanol–water partition coefficient (Wildman–Crippen LogP) is 5.38. The standard InChI is InChI=1S/C41H42N8O7S/c1-57(54,55)46-29-8-4-7-27(24-29)33-16-15-31-25-42-41(45-49(31)33)43-28-11-13-30(14-12-28)47-21-19-26(20-22-47)6-2-3-23-56-35-10-5-9-32-37(35)40(53)48(39(32)52)34-17-18-36(50)44-38(34)51/h4-5,7-16,24-26,34,46H,2-3,6,17-23H2,1H3,(H,43,45)(H,44,50,51). The van der Waals surface area contributed by atoms with Crippen LogP contribution in [0.2, 0.25) is 0 Å². The molecule has 1 atom stereocenters. The third kappa shape index (κ3) is 8.17. The number of amides is 4. The second-order valence-electron chi connectivity index (χ2n) is 14.7. The van der Waals surface area contributed by atoms with Gasteiger partial charge in [0, 0.05) is 42.1 Å². The van der Waals surface area contributed by atoms with Crippen LogP contribution in [0.5, 0.6) is 5.75 Å². The monoisotopic (exact) mass is 790 g/mol. The molecule has 2 fully saturated rings. The molecule has 8 rings (SSSR count). The van der Waals surface area contributed by atoms with E-state index in [2.05, 4.69) is 37.4 Å². The number of ether oxygens (including phenoxy) is 1. The fourth-order valence-electron chi connectivity index (χ4n) is 7.82. The molecule has 3 aliphatic heterocycles. The van der Waals surface area contributed by atoms with Gasteiger partial charge in [-0.1, -0.05) is 24.6 Å². The van der Waals surface area contributed by atoms with Crippen LogP contribution in [0.25, 0.3) is 16.8 Å². The molecule has 0 aliphatic carbocycles. The molecule has 0 radical (unpaired) electrons. The summed E-state index contributed by atoms with van der Waals surface area (Å²) in [5.41, 5.74) is 5.28. The molecule has 4 amide bonds. The van der Waals surface area contributed by atoms with Crippen LogP contribution in [-0.4, -0.2) is 83.5 Å². The number of unbranched alkanes of at least 4 members (excludes halogenated alkanes) is 1. The number of fused-ring (bicyclic) bond motifs is 2. The van der Waals surface area contributed by atoms with Crippen molar-refractivity contribution in [2.45, 2.75) is 51.0 Å². The van der Waals surface area contributed by atoms with E-state index in [1.54, 1.807) is 47.1 Å². The van der Waals surface area contributed by atoms with Gasteiger partial charge in [-0.3, -0.25) is 34.1 Å². The zero-order valence-corrected chi connectivity index (χ0v) is 32.1. The summed E-state index contributed by atoms with van der Waals surface area (Å²) in [7, 11) is -3.41. The van der Waals surface area contributed by atoms with Crippen molar-refractivity contribution in [3.05, 3.63) is 96.2 Å². The van der Waals surface area contributed by atoms with Crippen molar-refractivity contribution in [1.29, 1.82) is 0 Å². The molecule has 2 saturated heterocycles. The summed E-state index contributed by atoms with van der Waals surface area (Å²) in [6, 6.07) is 23.1. The molecule has 16 heteroatoms. The normalized spacial score (nSPS) is 17.5. The van der Waals surface area contributed by atoms with Crippen molar-refractivity contribution in [2.75, 3.05) is 40.9 Å². The van der Waals surface area contributed by atoms with Crippen LogP contribution in [0.15, 0.2) is 85.1 Å². The number of piperidine rings is 2. The Morgan fingerprint density at radius 3 is 2.44 bits per heavy atom. The van der Waals surface area contributed by atoms with Crippen molar-refractivity contribution < 1.29 is 32.3 Å². The minimum Gasteiger partial charge on any atom is -0.493 e. The fourth-order valence-corrected chi connectivity index (χ4v) is 8.37. The van der Waals surface area contributed by atoms with Crippen LogP contribution in [0.1, 0.15) is 65.7 Å². The Balaban J connectivity index is 0.797. The van der Waals surface area contributed by atoms with E-state index in [-0.39, 0.29) is 24.0 Å². The van der Waals surface area contributed by atoms with Gasteiger partial charge in [0.15, 0.2) is 0 Å². The lowest BCUT2D eigenvalue weighted by molar-refractivity contribution is -0.136. The third-order valence-electron chi connectivity index (χ3n) is 10.7. The average Bonchev–Trinajstić information content (AvgIpc) is 3.72. The molecule has 3 aromatic carbocycles. The maximum atomic E-state index is 13.3. The molecule has 1 unspecified atom stereocenters. The van der Waals surface area contributed by atoms with Crippen LogP contribution >= 0.6 is 0 Å². The number of hydrogen-bond donors (Lipinski definition) is 3. The van der Waals surface area contributed by atoms with Gasteiger partial charge < -0.3 is 15.0 Å². The Kier molecular flexibility index (Phi) is 10.4. The highest BCUT2D eigenvalue weighted by atomic mass is 32.2. The van der Waals surface area contributed by atoms with Gasteiger partial charge in [0.05, 0.1) is 41.4 Å². The maximum Gasteiger partial charge on any atom is 0.266 e. The SMILES string of the molecule is CS(=O)(=O)Nc1cccc(-c2ccc3cnc(Nc4ccc(N5CCC(CCCCOc6cccc7c6C(=O)N(C6CCC(=O)NC6=O)C7=O)CC5)cc4)nn23)c1. The number of carbonyl (C=O) groups is 4. The summed E-state index contributed by atoms with van der Waals surface area (Å²) >= 11 is 0. The molecule has 5 aromatic rings. The van der Waals surface area contributed by atoms with Crippen molar-refractivity contribution in [3.63, 3.8) is 0 Å². The van der Waals surface area contributed by atoms with E-state index in [0.717, 1.165) is 84.5 Å². The number of aromatic nitrogens is 3. The fraction of sp³-hybridized carbons (Fsp3) is 0.317. The molecule has 2 aromatic heterocycles. The summed E-state index contributed by atoms with van der Waals surface area (Å²) in [5.74, 6) is -0.788. The van der Waals surface area contributed by atoms with Crippen molar-refractivity contribution in [1.82, 2.24) is 24.8 Å². The van der Waals surface area contributed by atoms with Gasteiger partial charge in [0.2, 0.25) is 27.8 Å². The van der Waals surface area contributed by atoms with Gasteiger partial charge >= 0.3 is 0 Å². The number of nitrogens with zero attached hydrogens (tertiary/aromatic N) is 5. The lowest BCUT2D eigenvalue weighted by atomic mass is 9.91. The van der Waals surface area contributed by atoms with E-state index < -0.39 is 39.7 Å². The number of hydrogen-bond acceptors (Lipinski definition) is 11. The van der Waals surface area contributed by atoms with E-state index in [0.29, 0.717) is 29.9 Å². The Hall–Kier alpha value is -6.29. The summed E-state index contributed by atoms with van der Waals surface area (Å²) < 4.78 is 33.8. The van der Waals surface area contributed by atoms with Crippen LogP contribution in [-0.2, 0) is 19.6 Å². The Bertz CT molecular complexity index is 2480. The van der Waals surface area contributed by atoms with Crippen LogP contribution in [0, 0.1) is 5.92 Å². The summed E-state index contributed by atoms with van der Waals surface area (Å²) in [5, 5.41) is 10.2. The van der Waals surface area contributed by atoms with Gasteiger partial charge in [-0.05, 0) is 98.7 Å². The minimum absolute atomic E-state index is 0.0689. The molecule has 3 aliphatic rings. The van der Waals surface area contributed by atoms with E-state index in [1.165, 1.54) is 0 Å². The molecule has 294 valence electrons. The Morgan fingerprint density at radius 1 is 0.877 bits per heavy atom. The van der Waals surface area contributed by atoms with Crippen LogP contribution in [0.4, 0.5) is 23.0 Å². The smallest absolute Gasteiger partial charge is 0.266 e. The molecular formula is C41H42N8O7S. The van der Waals surface area contributed by atoms with Gasteiger partial charge in [0.25, 0.3) is 11.8 Å². The molecule has 5 heterocycles. The molecule has 15 nitrogen and oxygen atoms in total. The highest BCUT2D eigenvalue weighted by molar-refractivity contribution is 7.92. The second kappa shape index (κ2) is 15.7. The molecule has 0 spiro atoms. The van der Waals surface area contributed by atoms with Gasteiger partial charge in [-0.2, -0.15) is 0 Å². The molecule has 0 bridgehead atoms. The first-order valence-electron chi connectivity index (χ1n) is 19.0. The highest BCUT2D eigenvalue weighted by Crippen LogP contribution is 2.34. The Labute approximate surface area is 329 Å². The van der Waals surface area contributed by atoms with Crippen LogP contribution < -0.4 is 25.0 Å². The molecule has 3 N–H and O–H groups in total. The molecule has 57 heavy (non-hydrogen) atoms. The molecular weight excluding hydrogens is 749 g/mol. The lowest BCUT2D eigenvalue weighted by Gasteiger charge is -2.33. The Morgan fingerprint density at radius 2 is 1.67 bits per heavy atom. The maximum absolute atomic E-state index is 13.3. The minimum atomic E-state index is -3.41. The number of nitrogens with one attached hydrogen (secondary N) is 3. The first kappa shape index (κ1) is 37.6. The first-order chi connectivity index (χ1) is 27.5. The number of carbonyl (C=O) groups excluding carboxylic acids is 4. The zero-order chi connectivity index (χ0) is 39.7. The zero-order valence-electron chi connectivity index (χ0n) is 31.3. The van der Waals surface area contributed by atoms with Gasteiger partial charge in [-0.25, -0.2) is 17.9 Å². The average molecular weight is 791 g/mol. The van der Waals surface area contributed by atoms with E-state index in [4.69, 9.17) is 9.84 Å². The highest BCUT2D eigenvalue weighted by Gasteiger charge is 2.46. The summed E-state index contributed by atoms with van der Waals surface area (Å²) in [6.45, 7) is 2.32. The number of anilines is 4. The quantitative estimate of drug-likeness (QED) is 0.103. The van der Waals surface area contributed by atoms with Crippen molar-refractivity contribution in [3.8, 4) is 17.0 Å². The topological polar surface area (TPSA) is 184 Å². The van der Waals surface area contributed by atoms with E-state index in [9.17, 15) is 27.6 Å². The second-order valence-corrected chi connectivity index (χ2v) is 16.4. The lowest BCUT2D eigenvalue weighted by Crippen LogP contribution is -2.54. The third-order valence-corrected chi connectivity index (χ3v) is 11.3. The summed E-state index contributed by atoms with van der Waals surface area (Å²) in [4.78, 5) is 58.3. The van der Waals surface area contributed by atoms with E-state index >= 15 is 0 Å². The number of rotatable bonds is 13. The number of imide groups is 2. The van der Waals surface area contributed by atoms with Gasteiger partial charge in [-0.15, -0.1) is 5.10 Å². The van der Waals surface area contributed by atoms with Crippen molar-refractivity contribution in [2.24, 2.45) is 5.92 Å². The van der Waals surface area contributed by atoms with Gasteiger partial charge in [0.1, 0.15) is 11.8 Å². The largest absolute Gasteiger partial charge is 0.493 e. The number of sulfonamides is 1. The number of benzene rings is 3.